The van der Waals surface area contributed by atoms with Gasteiger partial charge >= 0.3 is 0 Å². The maximum Gasteiger partial charge on any atom is 0.295 e. The summed E-state index contributed by atoms with van der Waals surface area (Å²) in [5.74, 6) is -1.41. The van der Waals surface area contributed by atoms with Crippen molar-refractivity contribution in [1.82, 2.24) is 4.90 Å². The van der Waals surface area contributed by atoms with Crippen molar-refractivity contribution in [3.8, 4) is 5.75 Å². The number of hydrogen-bond acceptors (Lipinski definition) is 4. The molecule has 0 aromatic heterocycles. The van der Waals surface area contributed by atoms with Crippen LogP contribution in [-0.4, -0.2) is 35.4 Å². The minimum atomic E-state index is -0.731. The largest absolute Gasteiger partial charge is 0.507 e. The Labute approximate surface area is 179 Å². The normalized spacial score (nSPS) is 18.4. The highest BCUT2D eigenvalue weighted by Crippen LogP contribution is 2.42. The Morgan fingerprint density at radius 2 is 1.83 bits per heavy atom. The molecule has 7 heteroatoms. The van der Waals surface area contributed by atoms with Crippen molar-refractivity contribution >= 4 is 40.7 Å². The van der Waals surface area contributed by atoms with E-state index < -0.39 is 17.7 Å². The van der Waals surface area contributed by atoms with Gasteiger partial charge < -0.3 is 14.7 Å². The summed E-state index contributed by atoms with van der Waals surface area (Å²) in [6.45, 7) is 4.25. The van der Waals surface area contributed by atoms with E-state index in [2.05, 4.69) is 0 Å². The molecule has 29 heavy (non-hydrogen) atoms. The van der Waals surface area contributed by atoms with Gasteiger partial charge in [-0.3, -0.25) is 9.59 Å². The number of aliphatic hydroxyl groups excluding tert-OH is 1. The molecule has 1 aliphatic rings. The van der Waals surface area contributed by atoms with Crippen molar-refractivity contribution in [2.75, 3.05) is 13.7 Å². The van der Waals surface area contributed by atoms with Crippen molar-refractivity contribution in [2.45, 2.75) is 26.3 Å². The maximum absolute atomic E-state index is 12.9. The van der Waals surface area contributed by atoms with Crippen molar-refractivity contribution < 1.29 is 19.4 Å². The Morgan fingerprint density at radius 3 is 2.38 bits per heavy atom. The van der Waals surface area contributed by atoms with Crippen LogP contribution in [0.4, 0.5) is 0 Å². The van der Waals surface area contributed by atoms with E-state index in [0.29, 0.717) is 13.0 Å². The molecule has 1 heterocycles. The molecule has 152 valence electrons. The lowest BCUT2D eigenvalue weighted by Crippen LogP contribution is -2.30. The van der Waals surface area contributed by atoms with Crippen molar-refractivity contribution in [3.05, 3.63) is 68.7 Å². The fourth-order valence-corrected chi connectivity index (χ4v) is 4.23. The van der Waals surface area contributed by atoms with Crippen molar-refractivity contribution in [3.63, 3.8) is 0 Å². The Bertz CT molecular complexity index is 993. The van der Waals surface area contributed by atoms with Crippen LogP contribution < -0.4 is 4.74 Å². The summed E-state index contributed by atoms with van der Waals surface area (Å²) in [5.41, 5.74) is 2.00. The molecule has 1 saturated heterocycles. The van der Waals surface area contributed by atoms with E-state index >= 15 is 0 Å². The zero-order valence-electron chi connectivity index (χ0n) is 16.3. The van der Waals surface area contributed by atoms with E-state index in [-0.39, 0.29) is 32.7 Å². The topological polar surface area (TPSA) is 66.8 Å². The van der Waals surface area contributed by atoms with Gasteiger partial charge in [0.25, 0.3) is 11.7 Å². The lowest BCUT2D eigenvalue weighted by atomic mass is 9.94. The summed E-state index contributed by atoms with van der Waals surface area (Å²) in [7, 11) is 1.43. The highest BCUT2D eigenvalue weighted by atomic mass is 35.5. The average molecular weight is 434 g/mol. The number of ether oxygens (including phenoxy) is 1. The summed E-state index contributed by atoms with van der Waals surface area (Å²) in [6.07, 6.45) is 0.676. The second kappa shape index (κ2) is 8.47. The first kappa shape index (κ1) is 21.2. The third-order valence-corrected chi connectivity index (χ3v) is 5.40. The first-order valence-electron chi connectivity index (χ1n) is 9.18. The molecule has 2 aromatic carbocycles. The van der Waals surface area contributed by atoms with Crippen LogP contribution in [0.5, 0.6) is 5.75 Å². The Hall–Kier alpha value is -2.50. The molecule has 1 N–H and O–H groups in total. The number of Topliss-reactive ketones (excluding diaryl/α,β-unsaturated/α-hetero) is 1. The lowest BCUT2D eigenvalue weighted by Gasteiger charge is -2.25. The van der Waals surface area contributed by atoms with Gasteiger partial charge in [-0.2, -0.15) is 0 Å². The number of aryl methyl sites for hydroxylation is 1. The number of rotatable bonds is 5. The summed E-state index contributed by atoms with van der Waals surface area (Å²) >= 11 is 12.4. The summed E-state index contributed by atoms with van der Waals surface area (Å²) in [5, 5.41) is 11.4. The van der Waals surface area contributed by atoms with E-state index in [1.54, 1.807) is 0 Å². The highest BCUT2D eigenvalue weighted by Gasteiger charge is 2.45. The van der Waals surface area contributed by atoms with Crippen LogP contribution in [0.25, 0.3) is 5.76 Å². The third kappa shape index (κ3) is 3.85. The predicted octanol–water partition coefficient (Wildman–Crippen LogP) is 5.14. The van der Waals surface area contributed by atoms with Gasteiger partial charge in [0.1, 0.15) is 5.76 Å². The van der Waals surface area contributed by atoms with Gasteiger partial charge in [-0.15, -0.1) is 0 Å². The minimum absolute atomic E-state index is 0.0198. The minimum Gasteiger partial charge on any atom is -0.507 e. The maximum atomic E-state index is 12.9. The number of carbonyl (C=O) groups is 2. The van der Waals surface area contributed by atoms with Crippen LogP contribution in [0.2, 0.25) is 10.0 Å². The number of aliphatic hydroxyl groups is 1. The number of likely N-dealkylation sites (tertiary alicyclic amines) is 1. The molecule has 5 nitrogen and oxygen atoms in total. The van der Waals surface area contributed by atoms with E-state index in [1.807, 2.05) is 38.1 Å². The van der Waals surface area contributed by atoms with Gasteiger partial charge in [0, 0.05) is 12.1 Å². The third-order valence-electron chi connectivity index (χ3n) is 4.84. The quantitative estimate of drug-likeness (QED) is 0.402. The van der Waals surface area contributed by atoms with Gasteiger partial charge in [-0.05, 0) is 31.0 Å². The van der Waals surface area contributed by atoms with Crippen LogP contribution in [0.3, 0.4) is 0 Å². The molecule has 0 aliphatic carbocycles. The number of benzene rings is 2. The van der Waals surface area contributed by atoms with Crippen molar-refractivity contribution in [1.29, 1.82) is 0 Å². The second-order valence-corrected chi connectivity index (χ2v) is 7.69. The number of hydrogen-bond donors (Lipinski definition) is 1. The van der Waals surface area contributed by atoms with E-state index in [9.17, 15) is 14.7 Å². The van der Waals surface area contributed by atoms with Gasteiger partial charge in [0.2, 0.25) is 0 Å². The first-order valence-corrected chi connectivity index (χ1v) is 9.94. The molecular weight excluding hydrogens is 413 g/mol. The summed E-state index contributed by atoms with van der Waals surface area (Å²) < 4.78 is 5.14. The molecule has 1 atom stereocenters. The van der Waals surface area contributed by atoms with Crippen molar-refractivity contribution in [2.24, 2.45) is 0 Å². The van der Waals surface area contributed by atoms with Gasteiger partial charge in [0.15, 0.2) is 5.75 Å². The fourth-order valence-electron chi connectivity index (χ4n) is 3.59. The molecule has 2 aromatic rings. The van der Waals surface area contributed by atoms with Crippen LogP contribution >= 0.6 is 23.2 Å². The van der Waals surface area contributed by atoms with Crippen LogP contribution in [0.1, 0.15) is 36.1 Å². The summed E-state index contributed by atoms with van der Waals surface area (Å²) in [6, 6.07) is 9.77. The molecule has 1 aliphatic heterocycles. The number of halogens is 2. The Morgan fingerprint density at radius 1 is 1.17 bits per heavy atom. The molecule has 0 radical (unpaired) electrons. The molecule has 0 spiro atoms. The van der Waals surface area contributed by atoms with E-state index in [0.717, 1.165) is 11.1 Å². The number of nitrogens with zero attached hydrogens (tertiary/aromatic N) is 1. The molecule has 1 unspecified atom stereocenters. The summed E-state index contributed by atoms with van der Waals surface area (Å²) in [4.78, 5) is 27.1. The SMILES string of the molecule is CCCN1C(=O)C(=O)/C(=C(/O)c2cc(Cl)c(OC)c(Cl)c2)C1c1cccc(C)c1. The van der Waals surface area contributed by atoms with E-state index in [1.165, 1.54) is 24.1 Å². The van der Waals surface area contributed by atoms with Crippen LogP contribution in [0, 0.1) is 6.92 Å². The monoisotopic (exact) mass is 433 g/mol. The fraction of sp³-hybridized carbons (Fsp3) is 0.273. The molecule has 0 saturated carbocycles. The zero-order valence-corrected chi connectivity index (χ0v) is 17.8. The van der Waals surface area contributed by atoms with Crippen LogP contribution in [0.15, 0.2) is 42.0 Å². The van der Waals surface area contributed by atoms with Gasteiger partial charge in [-0.25, -0.2) is 0 Å². The average Bonchev–Trinajstić information content (AvgIpc) is 2.92. The predicted molar refractivity (Wildman–Crippen MR) is 113 cm³/mol. The highest BCUT2D eigenvalue weighted by molar-refractivity contribution is 6.46. The number of amides is 1. The molecule has 0 bridgehead atoms. The van der Waals surface area contributed by atoms with Gasteiger partial charge in [0.05, 0.1) is 28.8 Å². The Kier molecular flexibility index (Phi) is 6.20. The smallest absolute Gasteiger partial charge is 0.295 e. The standard InChI is InChI=1S/C22H21Cl2NO4/c1-4-8-25-18(13-7-5-6-12(2)9-13)17(20(27)22(25)28)19(26)14-10-15(23)21(29-3)16(24)11-14/h5-7,9-11,18,26H,4,8H2,1-3H3/b19-17+. The Balaban J connectivity index is 2.23. The number of methoxy groups -OCH3 is 1. The zero-order chi connectivity index (χ0) is 21.3. The molecular formula is C22H21Cl2NO4. The second-order valence-electron chi connectivity index (χ2n) is 6.88. The molecule has 1 fully saturated rings. The lowest BCUT2D eigenvalue weighted by molar-refractivity contribution is -0.139. The van der Waals surface area contributed by atoms with Gasteiger partial charge in [-0.1, -0.05) is 60.0 Å². The number of ketones is 1. The molecule has 3 rings (SSSR count). The molecule has 1 amide bonds. The van der Waals surface area contributed by atoms with Crippen LogP contribution in [-0.2, 0) is 9.59 Å². The number of carbonyl (C=O) groups excluding carboxylic acids is 2. The van der Waals surface area contributed by atoms with E-state index in [4.69, 9.17) is 27.9 Å². The first-order chi connectivity index (χ1) is 13.8.